The van der Waals surface area contributed by atoms with Crippen molar-refractivity contribution in [2.24, 2.45) is 0 Å². The number of thiophene rings is 1. The maximum absolute atomic E-state index is 13.6. The fourth-order valence-electron chi connectivity index (χ4n) is 4.96. The van der Waals surface area contributed by atoms with E-state index in [0.717, 1.165) is 52.3 Å². The Labute approximate surface area is 223 Å². The smallest absolute Gasteiger partial charge is 0.352 e. The van der Waals surface area contributed by atoms with E-state index in [2.05, 4.69) is 21.0 Å². The molecule has 0 amide bonds. The van der Waals surface area contributed by atoms with Crippen LogP contribution in [-0.4, -0.2) is 39.9 Å². The molecule has 0 saturated heterocycles. The molecule has 0 bridgehead atoms. The van der Waals surface area contributed by atoms with Gasteiger partial charge in [-0.15, -0.1) is 0 Å². The predicted molar refractivity (Wildman–Crippen MR) is 149 cm³/mol. The molecule has 0 atom stereocenters. The first kappa shape index (κ1) is 25.1. The van der Waals surface area contributed by atoms with Crippen molar-refractivity contribution in [3.05, 3.63) is 81.0 Å². The van der Waals surface area contributed by atoms with Crippen LogP contribution in [0.5, 0.6) is 11.5 Å². The highest BCUT2D eigenvalue weighted by atomic mass is 35.5. The molecule has 8 nitrogen and oxygen atoms in total. The van der Waals surface area contributed by atoms with Crippen LogP contribution >= 0.6 is 22.9 Å². The van der Waals surface area contributed by atoms with E-state index in [-0.39, 0.29) is 13.1 Å². The number of rotatable bonds is 6. The zero-order valence-corrected chi connectivity index (χ0v) is 21.5. The first-order chi connectivity index (χ1) is 17.6. The largest absolute Gasteiger partial charge is 0.493 e. The number of anilines is 1. The lowest BCUT2D eigenvalue weighted by atomic mass is 10.0. The number of halogens is 1. The van der Waals surface area contributed by atoms with Crippen LogP contribution in [0.2, 0.25) is 5.02 Å². The molecule has 6 rings (SSSR count). The van der Waals surface area contributed by atoms with E-state index < -0.39 is 0 Å². The van der Waals surface area contributed by atoms with Crippen LogP contribution < -0.4 is 20.1 Å². The molecule has 10 heteroatoms. The zero-order chi connectivity index (χ0) is 24.8. The maximum Gasteiger partial charge on any atom is 0.352 e. The summed E-state index contributed by atoms with van der Waals surface area (Å²) in [5, 5.41) is 7.17. The van der Waals surface area contributed by atoms with Crippen LogP contribution in [0, 0.1) is 0 Å². The molecular formula is C27H28ClN5O3S. The predicted octanol–water partition coefficient (Wildman–Crippen LogP) is 5.41. The monoisotopic (exact) mass is 537 g/mol. The van der Waals surface area contributed by atoms with E-state index in [1.807, 2.05) is 36.4 Å². The Kier molecular flexibility index (Phi) is 6.83. The average Bonchev–Trinajstić information content (AvgIpc) is 3.52. The van der Waals surface area contributed by atoms with Crippen LogP contribution in [0.3, 0.4) is 0 Å². The standard InChI is InChI=1S/C26H24ClN5O3S.CH4/c1-34-20-9-8-17(12-21(20)35-2)14-31-25-22(23-28-15-29-32(23)26(31)33)19-7-4-10-30(24(19)36-25)13-16-5-3-6-18(27)11-16;/h3,5-6,8-9,11-12,15H,4,7,10,13-14H2,1-2H3;1H4. The first-order valence-corrected chi connectivity index (χ1v) is 12.8. The summed E-state index contributed by atoms with van der Waals surface area (Å²) in [4.78, 5) is 21.3. The average molecular weight is 538 g/mol. The molecule has 1 aliphatic heterocycles. The first-order valence-electron chi connectivity index (χ1n) is 11.7. The maximum atomic E-state index is 13.6. The Morgan fingerprint density at radius 2 is 1.86 bits per heavy atom. The Morgan fingerprint density at radius 3 is 2.65 bits per heavy atom. The van der Waals surface area contributed by atoms with Gasteiger partial charge in [0, 0.05) is 18.1 Å². The van der Waals surface area contributed by atoms with Crippen molar-refractivity contribution in [2.75, 3.05) is 25.7 Å². The van der Waals surface area contributed by atoms with Gasteiger partial charge in [0.05, 0.1) is 31.2 Å². The van der Waals surface area contributed by atoms with E-state index in [1.165, 1.54) is 21.4 Å². The van der Waals surface area contributed by atoms with Crippen LogP contribution in [0.15, 0.2) is 53.6 Å². The molecule has 37 heavy (non-hydrogen) atoms. The van der Waals surface area contributed by atoms with Crippen molar-refractivity contribution in [1.82, 2.24) is 19.2 Å². The summed E-state index contributed by atoms with van der Waals surface area (Å²) < 4.78 is 14.1. The quantitative estimate of drug-likeness (QED) is 0.288. The van der Waals surface area contributed by atoms with Crippen molar-refractivity contribution in [2.45, 2.75) is 33.4 Å². The third kappa shape index (κ3) is 4.32. The van der Waals surface area contributed by atoms with Crippen LogP contribution in [-0.2, 0) is 19.5 Å². The minimum atomic E-state index is -0.218. The Hall–Kier alpha value is -3.56. The number of hydrogen-bond donors (Lipinski definition) is 0. The number of aromatic nitrogens is 4. The second-order valence-electron chi connectivity index (χ2n) is 8.77. The molecule has 0 saturated carbocycles. The van der Waals surface area contributed by atoms with Crippen molar-refractivity contribution < 1.29 is 9.47 Å². The summed E-state index contributed by atoms with van der Waals surface area (Å²) in [5.74, 6) is 1.27. The number of nitrogens with zero attached hydrogens (tertiary/aromatic N) is 5. The third-order valence-corrected chi connectivity index (χ3v) is 8.14. The summed E-state index contributed by atoms with van der Waals surface area (Å²) in [5.41, 5.74) is 3.70. The summed E-state index contributed by atoms with van der Waals surface area (Å²) >= 11 is 7.89. The van der Waals surface area contributed by atoms with Gasteiger partial charge in [0.25, 0.3) is 0 Å². The lowest BCUT2D eigenvalue weighted by Gasteiger charge is -2.28. The van der Waals surface area contributed by atoms with Gasteiger partial charge < -0.3 is 14.4 Å². The minimum Gasteiger partial charge on any atom is -0.493 e. The number of methoxy groups -OCH3 is 2. The Bertz CT molecular complexity index is 1660. The van der Waals surface area contributed by atoms with Gasteiger partial charge in [-0.25, -0.2) is 9.78 Å². The summed E-state index contributed by atoms with van der Waals surface area (Å²) in [7, 11) is 3.21. The molecule has 0 unspecified atom stereocenters. The molecule has 5 aromatic rings. The second-order valence-corrected chi connectivity index (χ2v) is 10.2. The molecule has 1 aliphatic rings. The van der Waals surface area contributed by atoms with Gasteiger partial charge in [-0.05, 0) is 53.8 Å². The van der Waals surface area contributed by atoms with Crippen LogP contribution in [0.4, 0.5) is 5.00 Å². The fourth-order valence-corrected chi connectivity index (χ4v) is 6.53. The van der Waals surface area contributed by atoms with Crippen LogP contribution in [0.1, 0.15) is 30.5 Å². The summed E-state index contributed by atoms with van der Waals surface area (Å²) in [6.45, 7) is 2.07. The summed E-state index contributed by atoms with van der Waals surface area (Å²) in [6.07, 6.45) is 3.40. The van der Waals surface area contributed by atoms with Gasteiger partial charge in [0.1, 0.15) is 11.2 Å². The van der Waals surface area contributed by atoms with Gasteiger partial charge in [-0.1, -0.05) is 48.6 Å². The van der Waals surface area contributed by atoms with Crippen LogP contribution in [0.25, 0.3) is 15.9 Å². The van der Waals surface area contributed by atoms with E-state index in [4.69, 9.17) is 21.1 Å². The molecule has 4 heterocycles. The Morgan fingerprint density at radius 1 is 1.05 bits per heavy atom. The third-order valence-electron chi connectivity index (χ3n) is 6.59. The SMILES string of the molecule is C.COc1ccc(Cn2c(=O)n3ncnc3c3c4c(sc32)N(Cc2cccc(Cl)c2)CCC4)cc1OC. The highest BCUT2D eigenvalue weighted by Gasteiger charge is 2.27. The molecule has 0 radical (unpaired) electrons. The fraction of sp³-hybridized carbons (Fsp3) is 0.296. The van der Waals surface area contributed by atoms with Crippen molar-refractivity contribution in [3.63, 3.8) is 0 Å². The van der Waals surface area contributed by atoms with Crippen molar-refractivity contribution in [1.29, 1.82) is 0 Å². The van der Waals surface area contributed by atoms with Gasteiger partial charge in [0.2, 0.25) is 0 Å². The molecule has 0 spiro atoms. The van der Waals surface area contributed by atoms with E-state index >= 15 is 0 Å². The molecule has 0 N–H and O–H groups in total. The molecule has 3 aromatic heterocycles. The van der Waals surface area contributed by atoms with Crippen molar-refractivity contribution in [3.8, 4) is 11.5 Å². The Balaban J connectivity index is 0.00000280. The number of fused-ring (bicyclic) bond motifs is 5. The van der Waals surface area contributed by atoms with Crippen molar-refractivity contribution >= 4 is 43.8 Å². The lowest BCUT2D eigenvalue weighted by Crippen LogP contribution is -2.28. The lowest BCUT2D eigenvalue weighted by molar-refractivity contribution is 0.354. The molecule has 192 valence electrons. The molecule has 0 aliphatic carbocycles. The van der Waals surface area contributed by atoms with E-state index in [0.29, 0.717) is 23.7 Å². The second kappa shape index (κ2) is 10.1. The number of ether oxygens (including phenoxy) is 2. The summed E-state index contributed by atoms with van der Waals surface area (Å²) in [6, 6.07) is 13.7. The minimum absolute atomic E-state index is 0. The highest BCUT2D eigenvalue weighted by Crippen LogP contribution is 2.43. The number of hydrogen-bond acceptors (Lipinski definition) is 7. The molecule has 2 aromatic carbocycles. The van der Waals surface area contributed by atoms with Gasteiger partial charge in [-0.2, -0.15) is 9.61 Å². The molecular weight excluding hydrogens is 510 g/mol. The normalized spacial score (nSPS) is 13.0. The zero-order valence-electron chi connectivity index (χ0n) is 19.9. The van der Waals surface area contributed by atoms with Gasteiger partial charge >= 0.3 is 5.69 Å². The van der Waals surface area contributed by atoms with Gasteiger partial charge in [-0.3, -0.25) is 4.57 Å². The molecule has 0 fully saturated rings. The number of benzene rings is 2. The van der Waals surface area contributed by atoms with E-state index in [1.54, 1.807) is 30.1 Å². The topological polar surface area (TPSA) is 73.9 Å². The highest BCUT2D eigenvalue weighted by molar-refractivity contribution is 7.22. The van der Waals surface area contributed by atoms with Gasteiger partial charge in [0.15, 0.2) is 17.1 Å². The number of aryl methyl sites for hydroxylation is 1. The van der Waals surface area contributed by atoms with E-state index in [9.17, 15) is 4.79 Å².